The summed E-state index contributed by atoms with van der Waals surface area (Å²) in [6, 6.07) is 0. The van der Waals surface area contributed by atoms with E-state index in [1.165, 1.54) is 4.90 Å². The molecule has 0 aliphatic carbocycles. The van der Waals surface area contributed by atoms with Crippen molar-refractivity contribution in [3.05, 3.63) is 0 Å². The number of nitrogens with zero attached hydrogens (tertiary/aromatic N) is 1. The molecule has 0 radical (unpaired) electrons. The van der Waals surface area contributed by atoms with Gasteiger partial charge < -0.3 is 14.7 Å². The van der Waals surface area contributed by atoms with Gasteiger partial charge in [0.05, 0.1) is 12.2 Å². The van der Waals surface area contributed by atoms with Crippen molar-refractivity contribution >= 4 is 6.41 Å². The number of carbonyl (C=O) groups is 1. The molecular formula is C11H27NO3. The monoisotopic (exact) mass is 221 g/mol. The Kier molecular flexibility index (Phi) is 21.0. The van der Waals surface area contributed by atoms with Crippen LogP contribution in [0, 0.1) is 0 Å². The molecule has 0 unspecified atom stereocenters. The number of amides is 1. The summed E-state index contributed by atoms with van der Waals surface area (Å²) in [4.78, 5) is 10.9. The third-order valence-electron chi connectivity index (χ3n) is 0.755. The van der Waals surface area contributed by atoms with Crippen LogP contribution in [0.2, 0.25) is 0 Å². The lowest BCUT2D eigenvalue weighted by molar-refractivity contribution is -0.115. The molecule has 0 heterocycles. The van der Waals surface area contributed by atoms with Crippen molar-refractivity contribution in [2.45, 2.75) is 46.8 Å². The van der Waals surface area contributed by atoms with Crippen molar-refractivity contribution in [2.24, 2.45) is 0 Å². The highest BCUT2D eigenvalue weighted by atomic mass is 16.5. The SMILES string of the molecule is CC(C)OC(C)C.CCO.CN(C)C=O. The van der Waals surface area contributed by atoms with Crippen molar-refractivity contribution in [1.29, 1.82) is 0 Å². The van der Waals surface area contributed by atoms with E-state index in [-0.39, 0.29) is 6.61 Å². The Labute approximate surface area is 94.2 Å². The van der Waals surface area contributed by atoms with E-state index >= 15 is 0 Å². The Morgan fingerprint density at radius 3 is 1.40 bits per heavy atom. The highest BCUT2D eigenvalue weighted by Gasteiger charge is 1.94. The van der Waals surface area contributed by atoms with E-state index in [9.17, 15) is 4.79 Å². The van der Waals surface area contributed by atoms with Gasteiger partial charge in [0.2, 0.25) is 6.41 Å². The smallest absolute Gasteiger partial charge is 0.209 e. The van der Waals surface area contributed by atoms with E-state index < -0.39 is 0 Å². The van der Waals surface area contributed by atoms with Crippen LogP contribution in [0.1, 0.15) is 34.6 Å². The van der Waals surface area contributed by atoms with E-state index in [2.05, 4.69) is 0 Å². The molecule has 1 N–H and O–H groups in total. The Balaban J connectivity index is -0.000000158. The molecule has 94 valence electrons. The summed E-state index contributed by atoms with van der Waals surface area (Å²) in [6.45, 7) is 10.1. The molecule has 0 saturated heterocycles. The Hall–Kier alpha value is -0.610. The van der Waals surface area contributed by atoms with Gasteiger partial charge in [0.25, 0.3) is 0 Å². The second kappa shape index (κ2) is 15.8. The fraction of sp³-hybridized carbons (Fsp3) is 0.909. The van der Waals surface area contributed by atoms with Crippen LogP contribution in [-0.2, 0) is 9.53 Å². The predicted molar refractivity (Wildman–Crippen MR) is 63.9 cm³/mol. The van der Waals surface area contributed by atoms with Gasteiger partial charge in [-0.2, -0.15) is 0 Å². The van der Waals surface area contributed by atoms with Gasteiger partial charge in [0, 0.05) is 20.7 Å². The summed E-state index contributed by atoms with van der Waals surface area (Å²) in [5.74, 6) is 0. The average molecular weight is 221 g/mol. The van der Waals surface area contributed by atoms with Crippen LogP contribution < -0.4 is 0 Å². The first-order valence-corrected chi connectivity index (χ1v) is 5.19. The van der Waals surface area contributed by atoms with Crippen LogP contribution in [0.3, 0.4) is 0 Å². The predicted octanol–water partition coefficient (Wildman–Crippen LogP) is 1.52. The minimum Gasteiger partial charge on any atom is -0.397 e. The van der Waals surface area contributed by atoms with E-state index in [0.29, 0.717) is 12.2 Å². The van der Waals surface area contributed by atoms with E-state index in [1.54, 1.807) is 21.0 Å². The first-order chi connectivity index (χ1) is 6.81. The molecule has 1 amide bonds. The van der Waals surface area contributed by atoms with Crippen LogP contribution in [-0.4, -0.2) is 49.3 Å². The lowest BCUT2D eigenvalue weighted by Crippen LogP contribution is -2.09. The van der Waals surface area contributed by atoms with Crippen molar-refractivity contribution in [3.63, 3.8) is 0 Å². The van der Waals surface area contributed by atoms with Gasteiger partial charge in [-0.05, 0) is 34.6 Å². The maximum atomic E-state index is 9.43. The van der Waals surface area contributed by atoms with Crippen molar-refractivity contribution in [2.75, 3.05) is 20.7 Å². The second-order valence-corrected chi connectivity index (χ2v) is 3.62. The summed E-state index contributed by atoms with van der Waals surface area (Å²) < 4.78 is 5.25. The molecule has 0 aromatic rings. The van der Waals surface area contributed by atoms with Crippen LogP contribution in [0.25, 0.3) is 0 Å². The number of carbonyl (C=O) groups excluding carboxylic acids is 1. The second-order valence-electron chi connectivity index (χ2n) is 3.62. The first kappa shape index (κ1) is 19.9. The Bertz CT molecular complexity index is 108. The van der Waals surface area contributed by atoms with Crippen LogP contribution in [0.5, 0.6) is 0 Å². The maximum absolute atomic E-state index is 9.43. The van der Waals surface area contributed by atoms with Gasteiger partial charge in [-0.1, -0.05) is 0 Å². The van der Waals surface area contributed by atoms with Gasteiger partial charge in [0.15, 0.2) is 0 Å². The quantitative estimate of drug-likeness (QED) is 0.735. The molecule has 0 rings (SSSR count). The molecule has 0 bridgehead atoms. The van der Waals surface area contributed by atoms with E-state index in [1.807, 2.05) is 27.7 Å². The van der Waals surface area contributed by atoms with Crippen LogP contribution in [0.4, 0.5) is 0 Å². The molecule has 15 heavy (non-hydrogen) atoms. The molecule has 0 aromatic carbocycles. The number of rotatable bonds is 3. The number of aliphatic hydroxyl groups is 1. The fourth-order valence-electron chi connectivity index (χ4n) is 0.544. The molecule has 4 heteroatoms. The zero-order valence-electron chi connectivity index (χ0n) is 11.2. The summed E-state index contributed by atoms with van der Waals surface area (Å²) in [5, 5.41) is 7.57. The third kappa shape index (κ3) is 59.8. The summed E-state index contributed by atoms with van der Waals surface area (Å²) in [5.41, 5.74) is 0. The molecule has 0 atom stereocenters. The van der Waals surface area contributed by atoms with Crippen molar-refractivity contribution in [3.8, 4) is 0 Å². The Morgan fingerprint density at radius 2 is 1.40 bits per heavy atom. The van der Waals surface area contributed by atoms with Crippen molar-refractivity contribution < 1.29 is 14.6 Å². The molecule has 0 saturated carbocycles. The highest BCUT2D eigenvalue weighted by molar-refractivity contribution is 5.45. The average Bonchev–Trinajstić information content (AvgIpc) is 2.04. The fourth-order valence-corrected chi connectivity index (χ4v) is 0.544. The lowest BCUT2D eigenvalue weighted by Gasteiger charge is -2.09. The number of aliphatic hydroxyl groups excluding tert-OH is 1. The third-order valence-corrected chi connectivity index (χ3v) is 0.755. The minimum atomic E-state index is 0.250. The summed E-state index contributed by atoms with van der Waals surface area (Å²) >= 11 is 0. The normalized spacial score (nSPS) is 8.67. The van der Waals surface area contributed by atoms with Gasteiger partial charge in [-0.3, -0.25) is 4.79 Å². The summed E-state index contributed by atoms with van der Waals surface area (Å²) in [7, 11) is 3.38. The standard InChI is InChI=1S/C6H14O.C3H7NO.C2H6O/c1-5(2)7-6(3)4;1-4(2)3-5;1-2-3/h5-6H,1-4H3;3H,1-2H3;3H,2H2,1H3. The zero-order chi connectivity index (χ0) is 12.9. The largest absolute Gasteiger partial charge is 0.397 e. The van der Waals surface area contributed by atoms with Gasteiger partial charge in [-0.25, -0.2) is 0 Å². The molecule has 0 aliphatic heterocycles. The van der Waals surface area contributed by atoms with Gasteiger partial charge >= 0.3 is 0 Å². The summed E-state index contributed by atoms with van der Waals surface area (Å²) in [6.07, 6.45) is 1.50. The molecule has 0 aliphatic rings. The maximum Gasteiger partial charge on any atom is 0.209 e. The topological polar surface area (TPSA) is 49.8 Å². The molecule has 0 aromatic heterocycles. The van der Waals surface area contributed by atoms with Gasteiger partial charge in [-0.15, -0.1) is 0 Å². The van der Waals surface area contributed by atoms with E-state index in [4.69, 9.17) is 9.84 Å². The minimum absolute atomic E-state index is 0.250. The van der Waals surface area contributed by atoms with Gasteiger partial charge in [0.1, 0.15) is 0 Å². The first-order valence-electron chi connectivity index (χ1n) is 5.19. The number of ether oxygens (including phenoxy) is 1. The highest BCUT2D eigenvalue weighted by Crippen LogP contribution is 1.93. The number of hydrogen-bond donors (Lipinski definition) is 1. The molecule has 0 fully saturated rings. The van der Waals surface area contributed by atoms with E-state index in [0.717, 1.165) is 6.41 Å². The molecular weight excluding hydrogens is 194 g/mol. The molecule has 0 spiro atoms. The zero-order valence-corrected chi connectivity index (χ0v) is 11.2. The van der Waals surface area contributed by atoms with Crippen LogP contribution in [0.15, 0.2) is 0 Å². The Morgan fingerprint density at radius 1 is 1.20 bits per heavy atom. The number of hydrogen-bond acceptors (Lipinski definition) is 3. The van der Waals surface area contributed by atoms with Crippen molar-refractivity contribution in [1.82, 2.24) is 4.90 Å². The molecule has 4 nitrogen and oxygen atoms in total. The lowest BCUT2D eigenvalue weighted by atomic mass is 10.4. The van der Waals surface area contributed by atoms with Crippen LogP contribution >= 0.6 is 0 Å².